The third-order valence-corrected chi connectivity index (χ3v) is 4.81. The van der Waals surface area contributed by atoms with Crippen LogP contribution in [0.1, 0.15) is 19.5 Å². The number of amides is 1. The van der Waals surface area contributed by atoms with Gasteiger partial charge in [0.1, 0.15) is 0 Å². The van der Waals surface area contributed by atoms with Crippen molar-refractivity contribution in [2.24, 2.45) is 0 Å². The van der Waals surface area contributed by atoms with Gasteiger partial charge >= 0.3 is 0 Å². The molecule has 18 heavy (non-hydrogen) atoms. The molecule has 0 aromatic carbocycles. The topological polar surface area (TPSA) is 42.4 Å². The predicted octanol–water partition coefficient (Wildman–Crippen LogP) is 2.18. The van der Waals surface area contributed by atoms with Crippen LogP contribution in [0.25, 0.3) is 0 Å². The number of hydrogen-bond donors (Lipinski definition) is 0. The van der Waals surface area contributed by atoms with Crippen molar-refractivity contribution in [2.75, 3.05) is 18.8 Å². The van der Waals surface area contributed by atoms with Gasteiger partial charge in [0.15, 0.2) is 4.34 Å². The van der Waals surface area contributed by atoms with Crippen LogP contribution in [0.3, 0.4) is 0 Å². The fourth-order valence-corrected chi connectivity index (χ4v) is 3.75. The summed E-state index contributed by atoms with van der Waals surface area (Å²) >= 11 is 3.12. The first-order valence-electron chi connectivity index (χ1n) is 6.02. The highest BCUT2D eigenvalue weighted by atomic mass is 32.2. The van der Waals surface area contributed by atoms with E-state index in [-0.39, 0.29) is 18.1 Å². The van der Waals surface area contributed by atoms with Gasteiger partial charge < -0.3 is 9.64 Å². The van der Waals surface area contributed by atoms with Crippen molar-refractivity contribution in [3.63, 3.8) is 0 Å². The molecular weight excluding hydrogens is 268 g/mol. The van der Waals surface area contributed by atoms with Crippen LogP contribution in [0.15, 0.2) is 9.72 Å². The number of aromatic nitrogens is 1. The minimum absolute atomic E-state index is 0.129. The number of thiazole rings is 1. The van der Waals surface area contributed by atoms with E-state index >= 15 is 0 Å². The Morgan fingerprint density at radius 1 is 1.56 bits per heavy atom. The molecule has 0 N–H and O–H groups in total. The number of carbonyl (C=O) groups excluding carboxylic acids is 1. The average Bonchev–Trinajstić information content (AvgIpc) is 2.70. The van der Waals surface area contributed by atoms with Crippen molar-refractivity contribution in [1.82, 2.24) is 9.88 Å². The van der Waals surface area contributed by atoms with Gasteiger partial charge in [0.05, 0.1) is 18.0 Å². The van der Waals surface area contributed by atoms with Crippen molar-refractivity contribution in [3.8, 4) is 0 Å². The second kappa shape index (κ2) is 6.04. The quantitative estimate of drug-likeness (QED) is 0.799. The molecule has 1 aliphatic heterocycles. The van der Waals surface area contributed by atoms with Crippen molar-refractivity contribution in [3.05, 3.63) is 11.1 Å². The lowest BCUT2D eigenvalue weighted by molar-refractivity contribution is -0.140. The highest BCUT2D eigenvalue weighted by Crippen LogP contribution is 2.23. The summed E-state index contributed by atoms with van der Waals surface area (Å²) in [6, 6.07) is 0. The fourth-order valence-electron chi connectivity index (χ4n) is 1.99. The van der Waals surface area contributed by atoms with E-state index < -0.39 is 0 Å². The molecule has 0 radical (unpaired) electrons. The van der Waals surface area contributed by atoms with Crippen LogP contribution in [-0.4, -0.2) is 46.8 Å². The molecule has 1 aromatic rings. The lowest BCUT2D eigenvalue weighted by Crippen LogP contribution is -2.48. The standard InChI is InChI=1S/C12H18N2O2S2/c1-8-6-17-12(13-8)18-7-11(15)14-4-9(2)16-10(3)5-14/h6,9-10H,4-5,7H2,1-3H3/t9-,10-/m1/s1. The smallest absolute Gasteiger partial charge is 0.233 e. The molecule has 4 nitrogen and oxygen atoms in total. The minimum Gasteiger partial charge on any atom is -0.372 e. The summed E-state index contributed by atoms with van der Waals surface area (Å²) < 4.78 is 6.59. The van der Waals surface area contributed by atoms with Gasteiger partial charge in [0.25, 0.3) is 0 Å². The number of aryl methyl sites for hydroxylation is 1. The van der Waals surface area contributed by atoms with E-state index in [4.69, 9.17) is 4.74 Å². The lowest BCUT2D eigenvalue weighted by Gasteiger charge is -2.35. The Labute approximate surface area is 116 Å². The van der Waals surface area contributed by atoms with Crippen LogP contribution in [-0.2, 0) is 9.53 Å². The van der Waals surface area contributed by atoms with Gasteiger partial charge in [0, 0.05) is 24.2 Å². The first kappa shape index (κ1) is 13.8. The van der Waals surface area contributed by atoms with Crippen molar-refractivity contribution in [1.29, 1.82) is 0 Å². The van der Waals surface area contributed by atoms with E-state index in [9.17, 15) is 4.79 Å². The molecule has 1 fully saturated rings. The average molecular weight is 286 g/mol. The Morgan fingerprint density at radius 2 is 2.22 bits per heavy atom. The third kappa shape index (κ3) is 3.70. The zero-order chi connectivity index (χ0) is 13.1. The minimum atomic E-state index is 0.129. The molecule has 1 aromatic heterocycles. The van der Waals surface area contributed by atoms with E-state index in [1.807, 2.05) is 31.1 Å². The molecule has 0 saturated carbocycles. The molecule has 2 atom stereocenters. The van der Waals surface area contributed by atoms with Gasteiger partial charge in [-0.25, -0.2) is 4.98 Å². The molecule has 1 amide bonds. The molecule has 0 bridgehead atoms. The second-order valence-electron chi connectivity index (χ2n) is 4.60. The largest absolute Gasteiger partial charge is 0.372 e. The summed E-state index contributed by atoms with van der Waals surface area (Å²) in [5.74, 6) is 0.640. The lowest BCUT2D eigenvalue weighted by atomic mass is 10.2. The number of hydrogen-bond acceptors (Lipinski definition) is 5. The zero-order valence-corrected chi connectivity index (χ0v) is 12.5. The summed E-state index contributed by atoms with van der Waals surface area (Å²) in [7, 11) is 0. The Morgan fingerprint density at radius 3 is 2.78 bits per heavy atom. The molecule has 1 saturated heterocycles. The third-order valence-electron chi connectivity index (χ3n) is 2.69. The first-order chi connectivity index (χ1) is 8.54. The number of carbonyl (C=O) groups is 1. The Kier molecular flexibility index (Phi) is 4.64. The summed E-state index contributed by atoms with van der Waals surface area (Å²) in [5.41, 5.74) is 1.02. The molecule has 1 aliphatic rings. The summed E-state index contributed by atoms with van der Waals surface area (Å²) in [6.07, 6.45) is 0.259. The van der Waals surface area contributed by atoms with Crippen LogP contribution >= 0.6 is 23.1 Å². The van der Waals surface area contributed by atoms with Crippen molar-refractivity contribution in [2.45, 2.75) is 37.3 Å². The highest BCUT2D eigenvalue weighted by Gasteiger charge is 2.25. The second-order valence-corrected chi connectivity index (χ2v) is 6.68. The number of ether oxygens (including phenoxy) is 1. The zero-order valence-electron chi connectivity index (χ0n) is 10.9. The van der Waals surface area contributed by atoms with E-state index in [2.05, 4.69) is 4.98 Å². The molecule has 0 spiro atoms. The van der Waals surface area contributed by atoms with E-state index in [0.717, 1.165) is 10.0 Å². The van der Waals surface area contributed by atoms with Gasteiger partial charge in [0.2, 0.25) is 5.91 Å². The van der Waals surface area contributed by atoms with Crippen LogP contribution in [0.4, 0.5) is 0 Å². The van der Waals surface area contributed by atoms with Crippen molar-refractivity contribution >= 4 is 29.0 Å². The number of thioether (sulfide) groups is 1. The molecule has 0 unspecified atom stereocenters. The maximum absolute atomic E-state index is 12.1. The van der Waals surface area contributed by atoms with Crippen LogP contribution in [0, 0.1) is 6.92 Å². The molecule has 0 aliphatic carbocycles. The van der Waals surface area contributed by atoms with Crippen LogP contribution in [0.2, 0.25) is 0 Å². The number of rotatable bonds is 3. The Hall–Kier alpha value is -0.590. The monoisotopic (exact) mass is 286 g/mol. The van der Waals surface area contributed by atoms with Crippen LogP contribution < -0.4 is 0 Å². The molecule has 100 valence electrons. The molecule has 6 heteroatoms. The molecule has 2 heterocycles. The summed E-state index contributed by atoms with van der Waals surface area (Å²) in [5, 5.41) is 2.01. The number of morpholine rings is 1. The maximum Gasteiger partial charge on any atom is 0.233 e. The van der Waals surface area contributed by atoms with E-state index in [0.29, 0.717) is 18.8 Å². The Balaban J connectivity index is 1.84. The SMILES string of the molecule is Cc1csc(SCC(=O)N2C[C@@H](C)O[C@H](C)C2)n1. The first-order valence-corrected chi connectivity index (χ1v) is 7.89. The van der Waals surface area contributed by atoms with E-state index in [1.165, 1.54) is 11.8 Å². The van der Waals surface area contributed by atoms with Crippen molar-refractivity contribution < 1.29 is 9.53 Å². The van der Waals surface area contributed by atoms with Gasteiger partial charge in [-0.1, -0.05) is 11.8 Å². The van der Waals surface area contributed by atoms with E-state index in [1.54, 1.807) is 11.3 Å². The normalized spacial score (nSPS) is 24.3. The van der Waals surface area contributed by atoms with Gasteiger partial charge in [-0.2, -0.15) is 0 Å². The number of nitrogens with zero attached hydrogens (tertiary/aromatic N) is 2. The molecule has 2 rings (SSSR count). The summed E-state index contributed by atoms with van der Waals surface area (Å²) in [6.45, 7) is 7.37. The van der Waals surface area contributed by atoms with Gasteiger partial charge in [-0.05, 0) is 20.8 Å². The summed E-state index contributed by atoms with van der Waals surface area (Å²) in [4.78, 5) is 18.3. The van der Waals surface area contributed by atoms with Gasteiger partial charge in [-0.15, -0.1) is 11.3 Å². The molecular formula is C12H18N2O2S2. The Bertz CT molecular complexity index is 412. The van der Waals surface area contributed by atoms with Crippen LogP contribution in [0.5, 0.6) is 0 Å². The highest BCUT2D eigenvalue weighted by molar-refractivity contribution is 8.01. The van der Waals surface area contributed by atoms with Gasteiger partial charge in [-0.3, -0.25) is 4.79 Å². The fraction of sp³-hybridized carbons (Fsp3) is 0.667. The predicted molar refractivity (Wildman–Crippen MR) is 74.2 cm³/mol. The maximum atomic E-state index is 12.1.